The zero-order chi connectivity index (χ0) is 21.9. The van der Waals surface area contributed by atoms with Gasteiger partial charge >= 0.3 is 18.1 Å². The fourth-order valence-electron chi connectivity index (χ4n) is 3.40. The minimum absolute atomic E-state index is 0.329. The van der Waals surface area contributed by atoms with E-state index in [1.807, 2.05) is 38.3 Å². The number of ether oxygens (including phenoxy) is 2. The van der Waals surface area contributed by atoms with Crippen LogP contribution >= 0.6 is 11.3 Å². The molecule has 1 aromatic heterocycles. The molecule has 10 heteroatoms. The van der Waals surface area contributed by atoms with Crippen molar-refractivity contribution in [3.63, 3.8) is 0 Å². The molecule has 164 valence electrons. The number of nitrogens with zero attached hydrogens (tertiary/aromatic N) is 2. The highest BCUT2D eigenvalue weighted by atomic mass is 32.1. The van der Waals surface area contributed by atoms with E-state index in [1.54, 1.807) is 4.90 Å². The number of rotatable bonds is 4. The summed E-state index contributed by atoms with van der Waals surface area (Å²) in [5.41, 5.74) is 0.383. The molecule has 0 spiro atoms. The van der Waals surface area contributed by atoms with E-state index in [9.17, 15) is 14.4 Å². The molecule has 1 aromatic rings. The normalized spacial score (nSPS) is 20.5. The molecule has 3 heterocycles. The highest BCUT2D eigenvalue weighted by molar-refractivity contribution is 7.10. The molecule has 2 N–H and O–H groups in total. The van der Waals surface area contributed by atoms with Gasteiger partial charge in [-0.1, -0.05) is 6.07 Å². The Labute approximate surface area is 180 Å². The Morgan fingerprint density at radius 1 is 1.23 bits per heavy atom. The molecule has 30 heavy (non-hydrogen) atoms. The highest BCUT2D eigenvalue weighted by Crippen LogP contribution is 2.30. The SMILES string of the molecule is COC(=O)C1=C(CN2CCN(C(=O)OC(C)(C)C)CC2)NC(=O)N[C@H]1c1cccs1. The van der Waals surface area contributed by atoms with Gasteiger partial charge in [0.15, 0.2) is 0 Å². The first kappa shape index (κ1) is 22.1. The van der Waals surface area contributed by atoms with E-state index >= 15 is 0 Å². The number of piperazine rings is 1. The molecule has 3 amide bonds. The van der Waals surface area contributed by atoms with Crippen molar-refractivity contribution < 1.29 is 23.9 Å². The van der Waals surface area contributed by atoms with Crippen LogP contribution in [0.2, 0.25) is 0 Å². The number of methoxy groups -OCH3 is 1. The minimum atomic E-state index is -0.552. The van der Waals surface area contributed by atoms with Crippen LogP contribution in [-0.4, -0.2) is 73.3 Å². The van der Waals surface area contributed by atoms with Crippen LogP contribution in [0, 0.1) is 0 Å². The smallest absolute Gasteiger partial charge is 0.410 e. The van der Waals surface area contributed by atoms with Crippen molar-refractivity contribution in [1.82, 2.24) is 20.4 Å². The molecule has 2 aliphatic heterocycles. The lowest BCUT2D eigenvalue weighted by atomic mass is 10.0. The summed E-state index contributed by atoms with van der Waals surface area (Å²) in [6.45, 7) is 8.12. The third-order valence-corrected chi connectivity index (χ3v) is 5.73. The molecule has 1 saturated heterocycles. The number of carbonyl (C=O) groups excluding carboxylic acids is 3. The van der Waals surface area contributed by atoms with Crippen molar-refractivity contribution in [2.45, 2.75) is 32.4 Å². The lowest BCUT2D eigenvalue weighted by Crippen LogP contribution is -2.53. The van der Waals surface area contributed by atoms with E-state index < -0.39 is 17.6 Å². The van der Waals surface area contributed by atoms with E-state index in [0.717, 1.165) is 4.88 Å². The van der Waals surface area contributed by atoms with Crippen molar-refractivity contribution in [3.8, 4) is 0 Å². The maximum absolute atomic E-state index is 12.6. The average Bonchev–Trinajstić information content (AvgIpc) is 3.21. The number of hydrogen-bond donors (Lipinski definition) is 2. The largest absolute Gasteiger partial charge is 0.466 e. The summed E-state index contributed by atoms with van der Waals surface area (Å²) in [6.07, 6.45) is -0.329. The lowest BCUT2D eigenvalue weighted by Gasteiger charge is -2.37. The molecular formula is C20H28N4O5S. The van der Waals surface area contributed by atoms with Gasteiger partial charge in [0.2, 0.25) is 0 Å². The zero-order valence-electron chi connectivity index (χ0n) is 17.7. The summed E-state index contributed by atoms with van der Waals surface area (Å²) in [6, 6.07) is 2.84. The standard InChI is InChI=1S/C20H28N4O5S/c1-20(2,3)29-19(27)24-9-7-23(8-10-24)12-13-15(17(25)28-4)16(22-18(26)21-13)14-6-5-11-30-14/h5-6,11,16H,7-10,12H2,1-4H3,(H2,21,22,26)/t16-/m0/s1. The number of thiophene rings is 1. The molecular weight excluding hydrogens is 408 g/mol. The predicted molar refractivity (Wildman–Crippen MR) is 112 cm³/mol. The van der Waals surface area contributed by atoms with E-state index in [-0.39, 0.29) is 12.1 Å². The molecule has 2 aliphatic rings. The average molecular weight is 437 g/mol. The minimum Gasteiger partial charge on any atom is -0.466 e. The van der Waals surface area contributed by atoms with Gasteiger partial charge in [0.1, 0.15) is 5.60 Å². The van der Waals surface area contributed by atoms with Crippen LogP contribution < -0.4 is 10.6 Å². The Morgan fingerprint density at radius 3 is 2.50 bits per heavy atom. The maximum Gasteiger partial charge on any atom is 0.410 e. The topological polar surface area (TPSA) is 100 Å². The molecule has 1 atom stereocenters. The Hall–Kier alpha value is -2.59. The number of carbonyl (C=O) groups is 3. The molecule has 1 fully saturated rings. The van der Waals surface area contributed by atoms with Crippen molar-refractivity contribution >= 4 is 29.4 Å². The summed E-state index contributed by atoms with van der Waals surface area (Å²) in [7, 11) is 1.33. The number of amides is 3. The van der Waals surface area contributed by atoms with Crippen molar-refractivity contribution in [1.29, 1.82) is 0 Å². The van der Waals surface area contributed by atoms with Crippen LogP contribution in [0.5, 0.6) is 0 Å². The van der Waals surface area contributed by atoms with Crippen LogP contribution in [0.25, 0.3) is 0 Å². The van der Waals surface area contributed by atoms with Crippen molar-refractivity contribution in [2.75, 3.05) is 39.8 Å². The summed E-state index contributed by atoms with van der Waals surface area (Å²) >= 11 is 1.46. The lowest BCUT2D eigenvalue weighted by molar-refractivity contribution is -0.136. The number of urea groups is 1. The third-order valence-electron chi connectivity index (χ3n) is 4.79. The second-order valence-corrected chi connectivity index (χ2v) is 9.15. The number of nitrogens with one attached hydrogen (secondary N) is 2. The summed E-state index contributed by atoms with van der Waals surface area (Å²) in [4.78, 5) is 41.7. The quantitative estimate of drug-likeness (QED) is 0.701. The van der Waals surface area contributed by atoms with E-state index in [1.165, 1.54) is 18.4 Å². The number of esters is 1. The van der Waals surface area contributed by atoms with Gasteiger partial charge in [-0.3, -0.25) is 4.90 Å². The van der Waals surface area contributed by atoms with Crippen LogP contribution in [0.3, 0.4) is 0 Å². The van der Waals surface area contributed by atoms with Gasteiger partial charge in [0.05, 0.1) is 18.7 Å². The van der Waals surface area contributed by atoms with Gasteiger partial charge < -0.3 is 25.0 Å². The zero-order valence-corrected chi connectivity index (χ0v) is 18.5. The van der Waals surface area contributed by atoms with Crippen LogP contribution in [0.15, 0.2) is 28.8 Å². The fraction of sp³-hybridized carbons (Fsp3) is 0.550. The number of hydrogen-bond acceptors (Lipinski definition) is 7. The van der Waals surface area contributed by atoms with Gasteiger partial charge in [-0.25, -0.2) is 14.4 Å². The third kappa shape index (κ3) is 5.31. The van der Waals surface area contributed by atoms with Gasteiger partial charge in [-0.05, 0) is 32.2 Å². The first-order valence-corrected chi connectivity index (χ1v) is 10.7. The van der Waals surface area contributed by atoms with Gasteiger partial charge in [0.25, 0.3) is 0 Å². The Balaban J connectivity index is 1.73. The molecule has 3 rings (SSSR count). The molecule has 0 unspecified atom stereocenters. The van der Waals surface area contributed by atoms with E-state index in [2.05, 4.69) is 15.5 Å². The Bertz CT molecular complexity index is 823. The van der Waals surface area contributed by atoms with E-state index in [4.69, 9.17) is 9.47 Å². The Morgan fingerprint density at radius 2 is 1.93 bits per heavy atom. The van der Waals surface area contributed by atoms with Gasteiger partial charge in [-0.15, -0.1) is 11.3 Å². The van der Waals surface area contributed by atoms with Crippen LogP contribution in [-0.2, 0) is 14.3 Å². The second kappa shape index (κ2) is 9.05. The molecule has 0 radical (unpaired) electrons. The first-order chi connectivity index (χ1) is 14.2. The summed E-state index contributed by atoms with van der Waals surface area (Å²) in [5, 5.41) is 7.48. The summed E-state index contributed by atoms with van der Waals surface area (Å²) in [5.74, 6) is -0.483. The molecule has 0 saturated carbocycles. The fourth-order valence-corrected chi connectivity index (χ4v) is 4.19. The molecule has 0 bridgehead atoms. The van der Waals surface area contributed by atoms with Gasteiger partial charge in [-0.2, -0.15) is 0 Å². The molecule has 0 aromatic carbocycles. The first-order valence-electron chi connectivity index (χ1n) is 9.80. The molecule has 9 nitrogen and oxygen atoms in total. The van der Waals surface area contributed by atoms with Crippen molar-refractivity contribution in [3.05, 3.63) is 33.7 Å². The highest BCUT2D eigenvalue weighted by Gasteiger charge is 2.35. The summed E-state index contributed by atoms with van der Waals surface area (Å²) < 4.78 is 10.4. The maximum atomic E-state index is 12.6. The van der Waals surface area contributed by atoms with Crippen LogP contribution in [0.4, 0.5) is 9.59 Å². The van der Waals surface area contributed by atoms with Gasteiger partial charge in [0, 0.05) is 43.3 Å². The van der Waals surface area contributed by atoms with Crippen molar-refractivity contribution in [2.24, 2.45) is 0 Å². The predicted octanol–water partition coefficient (Wildman–Crippen LogP) is 2.08. The second-order valence-electron chi connectivity index (χ2n) is 8.17. The monoisotopic (exact) mass is 436 g/mol. The Kier molecular flexibility index (Phi) is 6.67. The van der Waals surface area contributed by atoms with E-state index in [0.29, 0.717) is 44.0 Å². The van der Waals surface area contributed by atoms with Crippen LogP contribution in [0.1, 0.15) is 31.7 Å². The molecule has 0 aliphatic carbocycles.